The maximum atomic E-state index is 6.05. The summed E-state index contributed by atoms with van der Waals surface area (Å²) in [6, 6.07) is 5.56. The van der Waals surface area contributed by atoms with E-state index >= 15 is 0 Å². The van der Waals surface area contributed by atoms with E-state index in [2.05, 4.69) is 4.98 Å². The Morgan fingerprint density at radius 2 is 2.31 bits per heavy atom. The van der Waals surface area contributed by atoms with Crippen molar-refractivity contribution in [1.82, 2.24) is 4.98 Å². The molecule has 2 rings (SSSR count). The summed E-state index contributed by atoms with van der Waals surface area (Å²) < 4.78 is 5.64. The van der Waals surface area contributed by atoms with Crippen molar-refractivity contribution in [3.05, 3.63) is 45.4 Å². The summed E-state index contributed by atoms with van der Waals surface area (Å²) in [5.74, 6) is 0.655. The molecular formula is C11H11ClN2OS. The molecule has 0 fully saturated rings. The Morgan fingerprint density at radius 3 is 3.00 bits per heavy atom. The third-order valence-corrected chi connectivity index (χ3v) is 3.14. The molecule has 1 heterocycles. The Balaban J connectivity index is 2.14. The number of hydrogen-bond donors (Lipinski definition) is 1. The zero-order valence-electron chi connectivity index (χ0n) is 8.52. The van der Waals surface area contributed by atoms with Gasteiger partial charge in [-0.25, -0.2) is 4.98 Å². The standard InChI is InChI=1S/C11H11ClN2OS/c12-9-3-1-2-8(6-13)11(9)15-7-10-14-4-5-16-10/h1-5H,6-7,13H2. The molecule has 1 aromatic carbocycles. The van der Waals surface area contributed by atoms with Crippen LogP contribution in [0.2, 0.25) is 5.02 Å². The SMILES string of the molecule is NCc1cccc(Cl)c1OCc1nccs1. The Hall–Kier alpha value is -1.10. The van der Waals surface area contributed by atoms with Crippen LogP contribution >= 0.6 is 22.9 Å². The minimum atomic E-state index is 0.410. The van der Waals surface area contributed by atoms with E-state index in [9.17, 15) is 0 Å². The molecule has 0 aliphatic rings. The highest BCUT2D eigenvalue weighted by Crippen LogP contribution is 2.29. The summed E-state index contributed by atoms with van der Waals surface area (Å²) in [5, 5.41) is 3.41. The first-order chi connectivity index (χ1) is 7.81. The van der Waals surface area contributed by atoms with E-state index in [0.717, 1.165) is 10.6 Å². The maximum absolute atomic E-state index is 6.05. The van der Waals surface area contributed by atoms with E-state index in [-0.39, 0.29) is 0 Å². The summed E-state index contributed by atoms with van der Waals surface area (Å²) >= 11 is 7.60. The van der Waals surface area contributed by atoms with Crippen LogP contribution in [-0.4, -0.2) is 4.98 Å². The predicted molar refractivity (Wildman–Crippen MR) is 65.8 cm³/mol. The van der Waals surface area contributed by atoms with Crippen LogP contribution < -0.4 is 10.5 Å². The molecule has 0 spiro atoms. The largest absolute Gasteiger partial charge is 0.485 e. The van der Waals surface area contributed by atoms with Gasteiger partial charge in [-0.05, 0) is 6.07 Å². The number of rotatable bonds is 4. The number of thiazole rings is 1. The third-order valence-electron chi connectivity index (χ3n) is 2.09. The lowest BCUT2D eigenvalue weighted by Crippen LogP contribution is -2.03. The molecule has 0 bridgehead atoms. The van der Waals surface area contributed by atoms with Crippen molar-refractivity contribution in [1.29, 1.82) is 0 Å². The van der Waals surface area contributed by atoms with Gasteiger partial charge in [-0.3, -0.25) is 0 Å². The number of nitrogens with two attached hydrogens (primary N) is 1. The lowest BCUT2D eigenvalue weighted by molar-refractivity contribution is 0.302. The number of aromatic nitrogens is 1. The molecule has 0 atom stereocenters. The van der Waals surface area contributed by atoms with Gasteiger partial charge in [-0.15, -0.1) is 11.3 Å². The smallest absolute Gasteiger partial charge is 0.143 e. The predicted octanol–water partition coefficient (Wildman–Crippen LogP) is 2.83. The van der Waals surface area contributed by atoms with Crippen LogP contribution in [0.5, 0.6) is 5.75 Å². The highest BCUT2D eigenvalue weighted by molar-refractivity contribution is 7.09. The van der Waals surface area contributed by atoms with Crippen LogP contribution in [0.15, 0.2) is 29.8 Å². The second-order valence-corrected chi connectivity index (χ2v) is 4.53. The molecule has 0 saturated carbocycles. The van der Waals surface area contributed by atoms with Crippen molar-refractivity contribution in [3.8, 4) is 5.75 Å². The molecule has 2 aromatic rings. The summed E-state index contributed by atoms with van der Waals surface area (Å²) in [7, 11) is 0. The molecule has 5 heteroatoms. The van der Waals surface area contributed by atoms with Gasteiger partial charge in [0.05, 0.1) is 5.02 Å². The van der Waals surface area contributed by atoms with Gasteiger partial charge in [0.1, 0.15) is 17.4 Å². The van der Waals surface area contributed by atoms with Gasteiger partial charge in [0.15, 0.2) is 0 Å². The zero-order chi connectivity index (χ0) is 11.4. The fraction of sp³-hybridized carbons (Fsp3) is 0.182. The number of hydrogen-bond acceptors (Lipinski definition) is 4. The second kappa shape index (κ2) is 5.30. The van der Waals surface area contributed by atoms with Crippen LogP contribution in [0.25, 0.3) is 0 Å². The van der Waals surface area contributed by atoms with Crippen molar-refractivity contribution >= 4 is 22.9 Å². The van der Waals surface area contributed by atoms with E-state index in [1.165, 1.54) is 0 Å². The van der Waals surface area contributed by atoms with E-state index in [1.807, 2.05) is 17.5 Å². The Bertz CT molecular complexity index is 459. The molecule has 0 unspecified atom stereocenters. The minimum absolute atomic E-state index is 0.410. The van der Waals surface area contributed by atoms with Gasteiger partial charge in [0.25, 0.3) is 0 Å². The third kappa shape index (κ3) is 2.52. The minimum Gasteiger partial charge on any atom is -0.485 e. The summed E-state index contributed by atoms with van der Waals surface area (Å²) in [4.78, 5) is 4.14. The Kier molecular flexibility index (Phi) is 3.77. The quantitative estimate of drug-likeness (QED) is 0.913. The van der Waals surface area contributed by atoms with E-state index in [1.54, 1.807) is 23.6 Å². The highest BCUT2D eigenvalue weighted by atomic mass is 35.5. The average molecular weight is 255 g/mol. The Morgan fingerprint density at radius 1 is 1.44 bits per heavy atom. The molecule has 0 saturated heterocycles. The lowest BCUT2D eigenvalue weighted by Gasteiger charge is -2.10. The molecule has 0 radical (unpaired) electrons. The maximum Gasteiger partial charge on any atom is 0.143 e. The molecule has 2 N–H and O–H groups in total. The van der Waals surface area contributed by atoms with Crippen LogP contribution in [0.3, 0.4) is 0 Å². The van der Waals surface area contributed by atoms with Crippen molar-refractivity contribution < 1.29 is 4.74 Å². The number of benzene rings is 1. The van der Waals surface area contributed by atoms with Gasteiger partial charge < -0.3 is 10.5 Å². The summed E-state index contributed by atoms with van der Waals surface area (Å²) in [6.45, 7) is 0.835. The molecular weight excluding hydrogens is 244 g/mol. The molecule has 3 nitrogen and oxygen atoms in total. The van der Waals surface area contributed by atoms with Gasteiger partial charge in [-0.1, -0.05) is 23.7 Å². The zero-order valence-corrected chi connectivity index (χ0v) is 10.1. The fourth-order valence-corrected chi connectivity index (χ4v) is 2.11. The molecule has 0 aliphatic heterocycles. The molecule has 0 amide bonds. The monoisotopic (exact) mass is 254 g/mol. The van der Waals surface area contributed by atoms with Crippen molar-refractivity contribution in [2.24, 2.45) is 5.73 Å². The highest BCUT2D eigenvalue weighted by Gasteiger charge is 2.07. The van der Waals surface area contributed by atoms with Gasteiger partial charge in [0.2, 0.25) is 0 Å². The number of ether oxygens (including phenoxy) is 1. The van der Waals surface area contributed by atoms with Gasteiger partial charge in [-0.2, -0.15) is 0 Å². The normalized spacial score (nSPS) is 10.4. The van der Waals surface area contributed by atoms with Crippen LogP contribution in [0.4, 0.5) is 0 Å². The Labute approximate surface area is 103 Å². The van der Waals surface area contributed by atoms with Gasteiger partial charge >= 0.3 is 0 Å². The van der Waals surface area contributed by atoms with Crippen LogP contribution in [0.1, 0.15) is 10.6 Å². The van der Waals surface area contributed by atoms with Crippen molar-refractivity contribution in [3.63, 3.8) is 0 Å². The second-order valence-electron chi connectivity index (χ2n) is 3.15. The molecule has 84 valence electrons. The summed E-state index contributed by atoms with van der Waals surface area (Å²) in [5.41, 5.74) is 6.52. The number of nitrogens with zero attached hydrogens (tertiary/aromatic N) is 1. The molecule has 16 heavy (non-hydrogen) atoms. The first-order valence-corrected chi connectivity index (χ1v) is 6.05. The van der Waals surface area contributed by atoms with Crippen LogP contribution in [0, 0.1) is 0 Å². The van der Waals surface area contributed by atoms with Crippen LogP contribution in [-0.2, 0) is 13.2 Å². The van der Waals surface area contributed by atoms with Crippen molar-refractivity contribution in [2.75, 3.05) is 0 Å². The van der Waals surface area contributed by atoms with Crippen molar-refractivity contribution in [2.45, 2.75) is 13.2 Å². The summed E-state index contributed by atoms with van der Waals surface area (Å²) in [6.07, 6.45) is 1.75. The topological polar surface area (TPSA) is 48.1 Å². The average Bonchev–Trinajstić information content (AvgIpc) is 2.80. The van der Waals surface area contributed by atoms with E-state index < -0.39 is 0 Å². The fourth-order valence-electron chi connectivity index (χ4n) is 1.33. The first kappa shape index (κ1) is 11.4. The van der Waals surface area contributed by atoms with Gasteiger partial charge in [0, 0.05) is 23.7 Å². The molecule has 1 aromatic heterocycles. The number of halogens is 1. The first-order valence-electron chi connectivity index (χ1n) is 4.80. The number of para-hydroxylation sites is 1. The lowest BCUT2D eigenvalue weighted by atomic mass is 10.2. The van der Waals surface area contributed by atoms with E-state index in [0.29, 0.717) is 23.9 Å². The molecule has 0 aliphatic carbocycles. The van der Waals surface area contributed by atoms with E-state index in [4.69, 9.17) is 22.1 Å².